The second kappa shape index (κ2) is 6.52. The van der Waals surface area contributed by atoms with Gasteiger partial charge in [0.05, 0.1) is 4.47 Å². The van der Waals surface area contributed by atoms with Gasteiger partial charge in [-0.25, -0.2) is 4.98 Å². The van der Waals surface area contributed by atoms with Gasteiger partial charge in [0.15, 0.2) is 0 Å². The predicted molar refractivity (Wildman–Crippen MR) is 80.5 cm³/mol. The summed E-state index contributed by atoms with van der Waals surface area (Å²) in [6.45, 7) is 4.62. The number of ether oxygens (including phenoxy) is 1. The van der Waals surface area contributed by atoms with E-state index in [1.807, 2.05) is 6.92 Å². The third kappa shape index (κ3) is 4.04. The highest BCUT2D eigenvalue weighted by Gasteiger charge is 2.41. The number of halogens is 1. The van der Waals surface area contributed by atoms with Gasteiger partial charge in [0.1, 0.15) is 5.82 Å². The first-order valence-electron chi connectivity index (χ1n) is 6.68. The molecule has 1 saturated carbocycles. The SMILES string of the molecule is CCNc1ncc(Br)c(NCC2(CCOC)CC2)n1. The molecular formula is C13H21BrN4O. The Labute approximate surface area is 122 Å². The maximum atomic E-state index is 5.17. The van der Waals surface area contributed by atoms with E-state index >= 15 is 0 Å². The van der Waals surface area contributed by atoms with Gasteiger partial charge < -0.3 is 15.4 Å². The van der Waals surface area contributed by atoms with Crippen molar-refractivity contribution in [2.45, 2.75) is 26.2 Å². The van der Waals surface area contributed by atoms with Crippen LogP contribution in [0.4, 0.5) is 11.8 Å². The highest BCUT2D eigenvalue weighted by molar-refractivity contribution is 9.10. The number of nitrogens with zero attached hydrogens (tertiary/aromatic N) is 2. The van der Waals surface area contributed by atoms with E-state index in [0.717, 1.165) is 36.4 Å². The summed E-state index contributed by atoms with van der Waals surface area (Å²) in [7, 11) is 1.76. The Kier molecular flexibility index (Phi) is 4.99. The molecule has 0 spiro atoms. The molecule has 1 aliphatic carbocycles. The molecule has 5 nitrogen and oxygen atoms in total. The van der Waals surface area contributed by atoms with E-state index in [1.165, 1.54) is 12.8 Å². The van der Waals surface area contributed by atoms with Crippen molar-refractivity contribution < 1.29 is 4.74 Å². The topological polar surface area (TPSA) is 59.1 Å². The fraction of sp³-hybridized carbons (Fsp3) is 0.692. The Morgan fingerprint density at radius 1 is 1.42 bits per heavy atom. The number of nitrogens with one attached hydrogen (secondary N) is 2. The fourth-order valence-corrected chi connectivity index (χ4v) is 2.35. The van der Waals surface area contributed by atoms with Crippen LogP contribution in [0.1, 0.15) is 26.2 Å². The first-order chi connectivity index (χ1) is 9.19. The van der Waals surface area contributed by atoms with Crippen LogP contribution in [-0.4, -0.2) is 36.8 Å². The standard InChI is InChI=1S/C13H21BrN4O/c1-3-15-12-16-8-10(14)11(18-12)17-9-13(4-5-13)6-7-19-2/h8H,3-7,9H2,1-2H3,(H2,15,16,17,18). The molecule has 2 N–H and O–H groups in total. The Morgan fingerprint density at radius 3 is 2.84 bits per heavy atom. The van der Waals surface area contributed by atoms with Crippen LogP contribution in [0.2, 0.25) is 0 Å². The van der Waals surface area contributed by atoms with Gasteiger partial charge in [0.25, 0.3) is 0 Å². The highest BCUT2D eigenvalue weighted by Crippen LogP contribution is 2.48. The number of hydrogen-bond acceptors (Lipinski definition) is 5. The molecule has 0 saturated heterocycles. The molecule has 106 valence electrons. The molecule has 0 atom stereocenters. The fourth-order valence-electron chi connectivity index (χ4n) is 2.02. The van der Waals surface area contributed by atoms with Crippen molar-refractivity contribution in [3.05, 3.63) is 10.7 Å². The normalized spacial score (nSPS) is 16.2. The zero-order valence-corrected chi connectivity index (χ0v) is 13.1. The van der Waals surface area contributed by atoms with Gasteiger partial charge >= 0.3 is 0 Å². The van der Waals surface area contributed by atoms with Crippen molar-refractivity contribution in [3.8, 4) is 0 Å². The Bertz CT molecular complexity index is 423. The van der Waals surface area contributed by atoms with Crippen LogP contribution in [-0.2, 0) is 4.74 Å². The summed E-state index contributed by atoms with van der Waals surface area (Å²) in [6, 6.07) is 0. The van der Waals surface area contributed by atoms with Crippen molar-refractivity contribution in [3.63, 3.8) is 0 Å². The summed E-state index contributed by atoms with van der Waals surface area (Å²) in [5.41, 5.74) is 0.402. The molecule has 1 heterocycles. The first kappa shape index (κ1) is 14.5. The summed E-state index contributed by atoms with van der Waals surface area (Å²) in [4.78, 5) is 8.67. The van der Waals surface area contributed by atoms with E-state index in [9.17, 15) is 0 Å². The summed E-state index contributed by atoms with van der Waals surface area (Å²) < 4.78 is 6.07. The average Bonchev–Trinajstić information content (AvgIpc) is 3.18. The van der Waals surface area contributed by atoms with Gasteiger partial charge in [-0.1, -0.05) is 0 Å². The second-order valence-corrected chi connectivity index (χ2v) is 5.87. The van der Waals surface area contributed by atoms with E-state index in [1.54, 1.807) is 13.3 Å². The van der Waals surface area contributed by atoms with E-state index in [2.05, 4.69) is 36.5 Å². The van der Waals surface area contributed by atoms with Crippen molar-refractivity contribution in [1.29, 1.82) is 0 Å². The third-order valence-corrected chi connectivity index (χ3v) is 4.08. The highest BCUT2D eigenvalue weighted by atomic mass is 79.9. The van der Waals surface area contributed by atoms with E-state index in [0.29, 0.717) is 11.4 Å². The molecule has 6 heteroatoms. The Morgan fingerprint density at radius 2 is 2.21 bits per heavy atom. The lowest BCUT2D eigenvalue weighted by Crippen LogP contribution is -2.18. The smallest absolute Gasteiger partial charge is 0.224 e. The first-order valence-corrected chi connectivity index (χ1v) is 7.48. The zero-order valence-electron chi connectivity index (χ0n) is 11.5. The van der Waals surface area contributed by atoms with Crippen LogP contribution < -0.4 is 10.6 Å². The lowest BCUT2D eigenvalue weighted by atomic mass is 10.0. The lowest BCUT2D eigenvalue weighted by molar-refractivity contribution is 0.175. The molecule has 0 bridgehead atoms. The molecule has 1 fully saturated rings. The molecule has 2 rings (SSSR count). The zero-order chi connectivity index (χ0) is 13.7. The Hall–Kier alpha value is -0.880. The number of aromatic nitrogens is 2. The monoisotopic (exact) mass is 328 g/mol. The molecule has 0 amide bonds. The third-order valence-electron chi connectivity index (χ3n) is 3.50. The van der Waals surface area contributed by atoms with Gasteiger partial charge in [-0.05, 0) is 47.5 Å². The van der Waals surface area contributed by atoms with Gasteiger partial charge in [-0.2, -0.15) is 4.98 Å². The molecule has 0 aliphatic heterocycles. The molecule has 1 aromatic heterocycles. The number of hydrogen-bond donors (Lipinski definition) is 2. The molecular weight excluding hydrogens is 308 g/mol. The van der Waals surface area contributed by atoms with Crippen LogP contribution in [0.25, 0.3) is 0 Å². The van der Waals surface area contributed by atoms with Crippen molar-refractivity contribution >= 4 is 27.7 Å². The van der Waals surface area contributed by atoms with Crippen LogP contribution in [0.3, 0.4) is 0 Å². The molecule has 0 unspecified atom stereocenters. The van der Waals surface area contributed by atoms with Crippen LogP contribution >= 0.6 is 15.9 Å². The number of anilines is 2. The number of methoxy groups -OCH3 is 1. The maximum Gasteiger partial charge on any atom is 0.224 e. The molecule has 1 aliphatic rings. The Balaban J connectivity index is 1.93. The van der Waals surface area contributed by atoms with Crippen LogP contribution in [0, 0.1) is 5.41 Å². The van der Waals surface area contributed by atoms with Crippen molar-refractivity contribution in [2.75, 3.05) is 37.4 Å². The summed E-state index contributed by atoms with van der Waals surface area (Å²) in [6.07, 6.45) is 5.43. The summed E-state index contributed by atoms with van der Waals surface area (Å²) in [5.74, 6) is 1.52. The van der Waals surface area contributed by atoms with Crippen molar-refractivity contribution in [1.82, 2.24) is 9.97 Å². The molecule has 0 aromatic carbocycles. The van der Waals surface area contributed by atoms with E-state index in [-0.39, 0.29) is 0 Å². The minimum atomic E-state index is 0.402. The summed E-state index contributed by atoms with van der Waals surface area (Å²) in [5, 5.41) is 6.55. The van der Waals surface area contributed by atoms with Crippen molar-refractivity contribution in [2.24, 2.45) is 5.41 Å². The minimum Gasteiger partial charge on any atom is -0.385 e. The van der Waals surface area contributed by atoms with Gasteiger partial charge in [-0.3, -0.25) is 0 Å². The lowest BCUT2D eigenvalue weighted by Gasteiger charge is -2.16. The number of rotatable bonds is 8. The van der Waals surface area contributed by atoms with E-state index < -0.39 is 0 Å². The average molecular weight is 329 g/mol. The minimum absolute atomic E-state index is 0.402. The van der Waals surface area contributed by atoms with E-state index in [4.69, 9.17) is 4.74 Å². The molecule has 19 heavy (non-hydrogen) atoms. The molecule has 0 radical (unpaired) electrons. The largest absolute Gasteiger partial charge is 0.385 e. The molecule has 1 aromatic rings. The van der Waals surface area contributed by atoms with Gasteiger partial charge in [0.2, 0.25) is 5.95 Å². The van der Waals surface area contributed by atoms with Gasteiger partial charge in [-0.15, -0.1) is 0 Å². The van der Waals surface area contributed by atoms with Gasteiger partial charge in [0, 0.05) is 33.0 Å². The van der Waals surface area contributed by atoms with Crippen LogP contribution in [0.15, 0.2) is 10.7 Å². The quantitative estimate of drug-likeness (QED) is 0.768. The van der Waals surface area contributed by atoms with Crippen LogP contribution in [0.5, 0.6) is 0 Å². The predicted octanol–water partition coefficient (Wildman–Crippen LogP) is 2.90. The second-order valence-electron chi connectivity index (χ2n) is 5.02. The summed E-state index contributed by atoms with van der Waals surface area (Å²) >= 11 is 3.48. The maximum absolute atomic E-state index is 5.17.